The Morgan fingerprint density at radius 1 is 1.19 bits per heavy atom. The first kappa shape index (κ1) is 23.7. The number of ether oxygens (including phenoxy) is 1. The SMILES string of the molecule is CC(C)CN(C(=O)CCc1nc2cc(S(=O)(=O)N3CCOCC3)ccc2n1C)C(C)C. The van der Waals surface area contributed by atoms with Crippen LogP contribution in [0, 0.1) is 5.92 Å². The van der Waals surface area contributed by atoms with Gasteiger partial charge in [-0.1, -0.05) is 13.8 Å². The van der Waals surface area contributed by atoms with Crippen molar-refractivity contribution < 1.29 is 17.9 Å². The number of aromatic nitrogens is 2. The molecule has 1 aliphatic rings. The Hall–Kier alpha value is -1.97. The Morgan fingerprint density at radius 2 is 1.87 bits per heavy atom. The number of hydrogen-bond acceptors (Lipinski definition) is 5. The molecule has 9 heteroatoms. The molecule has 0 radical (unpaired) electrons. The zero-order valence-electron chi connectivity index (χ0n) is 19.2. The van der Waals surface area contributed by atoms with E-state index in [2.05, 4.69) is 18.8 Å². The highest BCUT2D eigenvalue weighted by molar-refractivity contribution is 7.89. The zero-order chi connectivity index (χ0) is 22.8. The number of aryl methyl sites for hydroxylation is 2. The lowest BCUT2D eigenvalue weighted by Crippen LogP contribution is -2.40. The number of amides is 1. The second-order valence-electron chi connectivity index (χ2n) is 8.79. The van der Waals surface area contributed by atoms with Gasteiger partial charge in [0.1, 0.15) is 5.82 Å². The van der Waals surface area contributed by atoms with Crippen LogP contribution in [-0.4, -0.2) is 72.0 Å². The number of fused-ring (bicyclic) bond motifs is 1. The van der Waals surface area contributed by atoms with Gasteiger partial charge in [-0.2, -0.15) is 4.31 Å². The van der Waals surface area contributed by atoms with Gasteiger partial charge < -0.3 is 14.2 Å². The molecule has 0 saturated carbocycles. The average Bonchev–Trinajstić information content (AvgIpc) is 3.05. The minimum Gasteiger partial charge on any atom is -0.379 e. The highest BCUT2D eigenvalue weighted by Crippen LogP contribution is 2.23. The van der Waals surface area contributed by atoms with Crippen molar-refractivity contribution in [2.24, 2.45) is 13.0 Å². The van der Waals surface area contributed by atoms with Gasteiger partial charge in [-0.05, 0) is 38.0 Å². The van der Waals surface area contributed by atoms with E-state index >= 15 is 0 Å². The number of carbonyl (C=O) groups excluding carboxylic acids is 1. The number of nitrogens with zero attached hydrogens (tertiary/aromatic N) is 4. The summed E-state index contributed by atoms with van der Waals surface area (Å²) in [6, 6.07) is 5.21. The van der Waals surface area contributed by atoms with Crippen LogP contribution in [0.4, 0.5) is 0 Å². The van der Waals surface area contributed by atoms with Crippen LogP contribution in [0.15, 0.2) is 23.1 Å². The maximum absolute atomic E-state index is 13.0. The number of imidazole rings is 1. The molecule has 1 aromatic heterocycles. The van der Waals surface area contributed by atoms with E-state index in [0.29, 0.717) is 50.6 Å². The lowest BCUT2D eigenvalue weighted by atomic mass is 10.1. The Kier molecular flexibility index (Phi) is 7.39. The lowest BCUT2D eigenvalue weighted by Gasteiger charge is -2.28. The van der Waals surface area contributed by atoms with E-state index in [4.69, 9.17) is 4.74 Å². The van der Waals surface area contributed by atoms with Crippen molar-refractivity contribution in [2.45, 2.75) is 51.5 Å². The van der Waals surface area contributed by atoms with Crippen LogP contribution >= 0.6 is 0 Å². The van der Waals surface area contributed by atoms with E-state index in [9.17, 15) is 13.2 Å². The molecule has 0 atom stereocenters. The minimum absolute atomic E-state index is 0.117. The van der Waals surface area contributed by atoms with Gasteiger partial charge in [0.05, 0.1) is 29.1 Å². The molecule has 0 aliphatic carbocycles. The highest BCUT2D eigenvalue weighted by Gasteiger charge is 2.27. The number of benzene rings is 1. The van der Waals surface area contributed by atoms with Gasteiger partial charge in [-0.15, -0.1) is 0 Å². The van der Waals surface area contributed by atoms with Crippen molar-refractivity contribution in [2.75, 3.05) is 32.8 Å². The van der Waals surface area contributed by atoms with Gasteiger partial charge in [-0.3, -0.25) is 4.79 Å². The van der Waals surface area contributed by atoms with E-state index in [1.54, 1.807) is 18.2 Å². The third kappa shape index (κ3) is 5.27. The number of hydrogen-bond donors (Lipinski definition) is 0. The van der Waals surface area contributed by atoms with Crippen LogP contribution in [0.25, 0.3) is 11.0 Å². The standard InChI is InChI=1S/C22H34N4O4S/c1-16(2)15-26(17(3)4)22(27)9-8-21-23-19-14-18(6-7-20(19)24(21)5)31(28,29)25-10-12-30-13-11-25/h6-7,14,16-17H,8-13,15H2,1-5H3. The predicted molar refractivity (Wildman–Crippen MR) is 120 cm³/mol. The highest BCUT2D eigenvalue weighted by atomic mass is 32.2. The molecule has 3 rings (SSSR count). The van der Waals surface area contributed by atoms with Gasteiger partial charge >= 0.3 is 0 Å². The fraction of sp³-hybridized carbons (Fsp3) is 0.636. The molecule has 0 bridgehead atoms. The Labute approximate surface area is 185 Å². The van der Waals surface area contributed by atoms with Crippen LogP contribution in [0.1, 0.15) is 39.9 Å². The van der Waals surface area contributed by atoms with Gasteiger partial charge in [0.2, 0.25) is 15.9 Å². The third-order valence-electron chi connectivity index (χ3n) is 5.62. The first-order chi connectivity index (χ1) is 14.6. The van der Waals surface area contributed by atoms with Crippen LogP contribution in [-0.2, 0) is 33.0 Å². The largest absolute Gasteiger partial charge is 0.379 e. The summed E-state index contributed by atoms with van der Waals surface area (Å²) < 4.78 is 34.6. The third-order valence-corrected chi connectivity index (χ3v) is 7.52. The number of sulfonamides is 1. The van der Waals surface area contributed by atoms with Crippen LogP contribution in [0.3, 0.4) is 0 Å². The van der Waals surface area contributed by atoms with Crippen LogP contribution in [0.2, 0.25) is 0 Å². The molecule has 1 saturated heterocycles. The summed E-state index contributed by atoms with van der Waals surface area (Å²) in [5.74, 6) is 1.30. The van der Waals surface area contributed by atoms with E-state index < -0.39 is 10.0 Å². The van der Waals surface area contributed by atoms with E-state index in [1.165, 1.54) is 4.31 Å². The predicted octanol–water partition coefficient (Wildman–Crippen LogP) is 2.42. The fourth-order valence-corrected chi connectivity index (χ4v) is 5.33. The maximum atomic E-state index is 13.0. The summed E-state index contributed by atoms with van der Waals surface area (Å²) >= 11 is 0. The molecule has 31 heavy (non-hydrogen) atoms. The molecule has 1 fully saturated rings. The summed E-state index contributed by atoms with van der Waals surface area (Å²) in [5, 5.41) is 0. The Balaban J connectivity index is 1.78. The first-order valence-corrected chi connectivity index (χ1v) is 12.4. The smallest absolute Gasteiger partial charge is 0.243 e. The summed E-state index contributed by atoms with van der Waals surface area (Å²) in [5.41, 5.74) is 1.48. The topological polar surface area (TPSA) is 84.7 Å². The molecule has 172 valence electrons. The second kappa shape index (κ2) is 9.67. The second-order valence-corrected chi connectivity index (χ2v) is 10.7. The van der Waals surface area contributed by atoms with E-state index in [0.717, 1.165) is 17.9 Å². The quantitative estimate of drug-likeness (QED) is 0.617. The summed E-state index contributed by atoms with van der Waals surface area (Å²) in [4.78, 5) is 19.6. The number of morpholine rings is 1. The van der Waals surface area contributed by atoms with Crippen LogP contribution in [0.5, 0.6) is 0 Å². The van der Waals surface area contributed by atoms with Crippen molar-refractivity contribution in [3.8, 4) is 0 Å². The number of rotatable bonds is 8. The van der Waals surface area contributed by atoms with Crippen molar-refractivity contribution >= 4 is 27.0 Å². The minimum atomic E-state index is -3.57. The summed E-state index contributed by atoms with van der Waals surface area (Å²) in [6.45, 7) is 10.6. The molecular weight excluding hydrogens is 416 g/mol. The van der Waals surface area contributed by atoms with Crippen molar-refractivity contribution in [1.82, 2.24) is 18.8 Å². The molecule has 1 amide bonds. The molecule has 8 nitrogen and oxygen atoms in total. The fourth-order valence-electron chi connectivity index (χ4n) is 3.91. The summed E-state index contributed by atoms with van der Waals surface area (Å²) in [7, 11) is -1.67. The molecule has 1 aromatic carbocycles. The lowest BCUT2D eigenvalue weighted by molar-refractivity contribution is -0.133. The maximum Gasteiger partial charge on any atom is 0.243 e. The monoisotopic (exact) mass is 450 g/mol. The number of carbonyl (C=O) groups is 1. The van der Waals surface area contributed by atoms with Crippen molar-refractivity contribution in [3.63, 3.8) is 0 Å². The molecule has 0 unspecified atom stereocenters. The van der Waals surface area contributed by atoms with Gasteiger partial charge in [-0.25, -0.2) is 13.4 Å². The van der Waals surface area contributed by atoms with Gasteiger partial charge in [0.25, 0.3) is 0 Å². The average molecular weight is 451 g/mol. The Bertz CT molecular complexity index is 1020. The molecule has 0 N–H and O–H groups in total. The van der Waals surface area contributed by atoms with E-state index in [-0.39, 0.29) is 16.8 Å². The molecule has 2 aromatic rings. The Morgan fingerprint density at radius 3 is 2.48 bits per heavy atom. The molecular formula is C22H34N4O4S. The summed E-state index contributed by atoms with van der Waals surface area (Å²) in [6.07, 6.45) is 0.887. The van der Waals surface area contributed by atoms with Gasteiger partial charge in [0, 0.05) is 45.6 Å². The molecule has 2 heterocycles. The molecule has 1 aliphatic heterocycles. The first-order valence-electron chi connectivity index (χ1n) is 10.9. The normalized spacial score (nSPS) is 15.8. The van der Waals surface area contributed by atoms with Crippen LogP contribution < -0.4 is 0 Å². The zero-order valence-corrected chi connectivity index (χ0v) is 20.0. The van der Waals surface area contributed by atoms with Crippen molar-refractivity contribution in [1.29, 1.82) is 0 Å². The van der Waals surface area contributed by atoms with E-state index in [1.807, 2.05) is 30.4 Å². The van der Waals surface area contributed by atoms with Gasteiger partial charge in [0.15, 0.2) is 0 Å². The molecule has 0 spiro atoms. The van der Waals surface area contributed by atoms with Crippen molar-refractivity contribution in [3.05, 3.63) is 24.0 Å².